The number of furan rings is 1. The van der Waals surface area contributed by atoms with Crippen molar-refractivity contribution in [3.8, 4) is 0 Å². The average molecular weight is 233 g/mol. The summed E-state index contributed by atoms with van der Waals surface area (Å²) >= 11 is 0. The number of hydrogen-bond acceptors (Lipinski definition) is 3. The standard InChI is InChI=1S/C14H19NO2/c1-3-15(4-2)8-11-5-6-12-10-17-14(9-16)13(12)7-11/h5-7,10,16H,3-4,8-9H2,1-2H3. The lowest BCUT2D eigenvalue weighted by Crippen LogP contribution is -2.21. The van der Waals surface area contributed by atoms with E-state index in [9.17, 15) is 5.11 Å². The molecule has 0 saturated heterocycles. The van der Waals surface area contributed by atoms with Crippen molar-refractivity contribution in [3.05, 3.63) is 35.8 Å². The number of aliphatic hydroxyl groups is 1. The van der Waals surface area contributed by atoms with Crippen LogP contribution in [-0.2, 0) is 13.2 Å². The quantitative estimate of drug-likeness (QED) is 0.862. The van der Waals surface area contributed by atoms with Crippen LogP contribution in [0.15, 0.2) is 28.9 Å². The molecule has 0 fully saturated rings. The molecule has 0 aliphatic rings. The maximum absolute atomic E-state index is 9.19. The highest BCUT2D eigenvalue weighted by Gasteiger charge is 2.07. The van der Waals surface area contributed by atoms with Crippen LogP contribution in [0.2, 0.25) is 0 Å². The van der Waals surface area contributed by atoms with Crippen LogP contribution in [-0.4, -0.2) is 23.1 Å². The lowest BCUT2D eigenvalue weighted by atomic mass is 10.1. The van der Waals surface area contributed by atoms with Crippen LogP contribution in [0.25, 0.3) is 10.8 Å². The molecule has 0 atom stereocenters. The predicted molar refractivity (Wildman–Crippen MR) is 68.8 cm³/mol. The molecule has 1 aromatic carbocycles. The molecule has 0 amide bonds. The summed E-state index contributed by atoms with van der Waals surface area (Å²) in [6, 6.07) is 6.29. The molecule has 1 aromatic heterocycles. The summed E-state index contributed by atoms with van der Waals surface area (Å²) in [4.78, 5) is 2.36. The number of nitrogens with zero attached hydrogens (tertiary/aromatic N) is 1. The number of benzene rings is 1. The molecule has 0 radical (unpaired) electrons. The molecular formula is C14H19NO2. The first-order valence-electron chi connectivity index (χ1n) is 6.10. The normalized spacial score (nSPS) is 11.5. The highest BCUT2D eigenvalue weighted by Crippen LogP contribution is 2.23. The minimum Gasteiger partial charge on any atom is -0.466 e. The van der Waals surface area contributed by atoms with E-state index < -0.39 is 0 Å². The maximum atomic E-state index is 9.19. The summed E-state index contributed by atoms with van der Waals surface area (Å²) in [7, 11) is 0. The fraction of sp³-hybridized carbons (Fsp3) is 0.429. The Labute approximate surface area is 102 Å². The second kappa shape index (κ2) is 5.34. The number of rotatable bonds is 5. The molecule has 17 heavy (non-hydrogen) atoms. The Morgan fingerprint density at radius 1 is 1.24 bits per heavy atom. The van der Waals surface area contributed by atoms with Gasteiger partial charge in [-0.3, -0.25) is 4.90 Å². The predicted octanol–water partition coefficient (Wildman–Crippen LogP) is 2.77. The number of fused-ring (bicyclic) bond motifs is 1. The average Bonchev–Trinajstić information content (AvgIpc) is 2.78. The highest BCUT2D eigenvalue weighted by atomic mass is 16.4. The van der Waals surface area contributed by atoms with E-state index in [0.717, 1.165) is 30.4 Å². The largest absolute Gasteiger partial charge is 0.466 e. The summed E-state index contributed by atoms with van der Waals surface area (Å²) in [5.74, 6) is 0.654. The van der Waals surface area contributed by atoms with Crippen LogP contribution in [0.4, 0.5) is 0 Å². The highest BCUT2D eigenvalue weighted by molar-refractivity contribution is 5.84. The van der Waals surface area contributed by atoms with Crippen LogP contribution in [0.1, 0.15) is 25.2 Å². The first-order valence-corrected chi connectivity index (χ1v) is 6.10. The Balaban J connectivity index is 2.29. The van der Waals surface area contributed by atoms with Crippen molar-refractivity contribution in [1.29, 1.82) is 0 Å². The zero-order valence-corrected chi connectivity index (χ0v) is 10.4. The van der Waals surface area contributed by atoms with Gasteiger partial charge in [-0.15, -0.1) is 0 Å². The summed E-state index contributed by atoms with van der Waals surface area (Å²) in [6.07, 6.45) is 1.70. The number of aliphatic hydroxyl groups excluding tert-OH is 1. The van der Waals surface area contributed by atoms with E-state index in [1.165, 1.54) is 5.56 Å². The monoisotopic (exact) mass is 233 g/mol. The van der Waals surface area contributed by atoms with Crippen LogP contribution >= 0.6 is 0 Å². The summed E-state index contributed by atoms with van der Waals surface area (Å²) in [6.45, 7) is 7.33. The summed E-state index contributed by atoms with van der Waals surface area (Å²) < 4.78 is 5.31. The van der Waals surface area contributed by atoms with Gasteiger partial charge in [0, 0.05) is 17.3 Å². The van der Waals surface area contributed by atoms with Crippen molar-refractivity contribution in [1.82, 2.24) is 4.90 Å². The van der Waals surface area contributed by atoms with E-state index in [-0.39, 0.29) is 6.61 Å². The van der Waals surface area contributed by atoms with Crippen LogP contribution in [0.5, 0.6) is 0 Å². The fourth-order valence-corrected chi connectivity index (χ4v) is 2.07. The third-order valence-corrected chi connectivity index (χ3v) is 3.19. The van der Waals surface area contributed by atoms with Crippen LogP contribution < -0.4 is 0 Å². The van der Waals surface area contributed by atoms with Gasteiger partial charge in [0.2, 0.25) is 0 Å². The molecule has 2 rings (SSSR count). The third-order valence-electron chi connectivity index (χ3n) is 3.19. The zero-order valence-electron chi connectivity index (χ0n) is 10.4. The third kappa shape index (κ3) is 2.51. The fourth-order valence-electron chi connectivity index (χ4n) is 2.07. The second-order valence-electron chi connectivity index (χ2n) is 4.20. The minimum atomic E-state index is -0.0434. The van der Waals surface area contributed by atoms with Crippen LogP contribution in [0, 0.1) is 0 Å². The van der Waals surface area contributed by atoms with Gasteiger partial charge >= 0.3 is 0 Å². The number of hydrogen-bond donors (Lipinski definition) is 1. The molecule has 0 bridgehead atoms. The minimum absolute atomic E-state index is 0.0434. The van der Waals surface area contributed by atoms with Gasteiger partial charge in [0.1, 0.15) is 12.4 Å². The molecule has 92 valence electrons. The first kappa shape index (κ1) is 12.1. The molecule has 3 heteroatoms. The van der Waals surface area contributed by atoms with E-state index >= 15 is 0 Å². The molecule has 0 saturated carbocycles. The van der Waals surface area contributed by atoms with Gasteiger partial charge < -0.3 is 9.52 Å². The molecule has 1 N–H and O–H groups in total. The van der Waals surface area contributed by atoms with Gasteiger partial charge in [-0.05, 0) is 24.7 Å². The molecule has 0 aliphatic carbocycles. The van der Waals surface area contributed by atoms with Crippen molar-refractivity contribution in [2.45, 2.75) is 27.0 Å². The molecule has 3 nitrogen and oxygen atoms in total. The summed E-state index contributed by atoms with van der Waals surface area (Å²) in [5.41, 5.74) is 1.26. The van der Waals surface area contributed by atoms with Crippen molar-refractivity contribution in [2.75, 3.05) is 13.1 Å². The van der Waals surface area contributed by atoms with Gasteiger partial charge in [0.05, 0.1) is 6.26 Å². The van der Waals surface area contributed by atoms with Gasteiger partial charge in [0.25, 0.3) is 0 Å². The van der Waals surface area contributed by atoms with E-state index in [4.69, 9.17) is 4.42 Å². The Bertz CT molecular complexity index is 486. The van der Waals surface area contributed by atoms with E-state index in [1.54, 1.807) is 6.26 Å². The lowest BCUT2D eigenvalue weighted by Gasteiger charge is -2.17. The van der Waals surface area contributed by atoms with Crippen molar-refractivity contribution in [3.63, 3.8) is 0 Å². The molecular weight excluding hydrogens is 214 g/mol. The SMILES string of the molecule is CCN(CC)Cc1ccc2coc(CO)c2c1. The van der Waals surface area contributed by atoms with Crippen molar-refractivity contribution < 1.29 is 9.52 Å². The van der Waals surface area contributed by atoms with E-state index in [0.29, 0.717) is 5.76 Å². The molecule has 0 spiro atoms. The van der Waals surface area contributed by atoms with Gasteiger partial charge in [-0.1, -0.05) is 26.0 Å². The van der Waals surface area contributed by atoms with Gasteiger partial charge in [0.15, 0.2) is 0 Å². The van der Waals surface area contributed by atoms with E-state index in [2.05, 4.69) is 36.9 Å². The topological polar surface area (TPSA) is 36.6 Å². The molecule has 0 aliphatic heterocycles. The first-order chi connectivity index (χ1) is 8.28. The Morgan fingerprint density at radius 3 is 2.65 bits per heavy atom. The van der Waals surface area contributed by atoms with E-state index in [1.807, 2.05) is 0 Å². The molecule has 2 aromatic rings. The lowest BCUT2D eigenvalue weighted by molar-refractivity contribution is 0.249. The Kier molecular flexibility index (Phi) is 3.82. The summed E-state index contributed by atoms with van der Waals surface area (Å²) in [5, 5.41) is 11.3. The van der Waals surface area contributed by atoms with Crippen molar-refractivity contribution >= 4 is 10.8 Å². The molecule has 0 unspecified atom stereocenters. The van der Waals surface area contributed by atoms with Crippen molar-refractivity contribution in [2.24, 2.45) is 0 Å². The zero-order chi connectivity index (χ0) is 12.3. The van der Waals surface area contributed by atoms with Gasteiger partial charge in [-0.25, -0.2) is 0 Å². The molecule has 1 heterocycles. The Hall–Kier alpha value is -1.32. The smallest absolute Gasteiger partial charge is 0.136 e. The second-order valence-corrected chi connectivity index (χ2v) is 4.20. The maximum Gasteiger partial charge on any atom is 0.136 e. The Morgan fingerprint density at radius 2 is 2.00 bits per heavy atom. The van der Waals surface area contributed by atoms with Crippen LogP contribution in [0.3, 0.4) is 0 Å². The van der Waals surface area contributed by atoms with Gasteiger partial charge in [-0.2, -0.15) is 0 Å².